The van der Waals surface area contributed by atoms with E-state index in [9.17, 15) is 0 Å². The largest absolute Gasteiger partial charge is 3.00 e. The van der Waals surface area contributed by atoms with Gasteiger partial charge in [0.15, 0.2) is 0 Å². The summed E-state index contributed by atoms with van der Waals surface area (Å²) in [4.78, 5) is 14.2. The van der Waals surface area contributed by atoms with Crippen molar-refractivity contribution in [2.24, 2.45) is 0 Å². The summed E-state index contributed by atoms with van der Waals surface area (Å²) in [7, 11) is 0. The van der Waals surface area contributed by atoms with Gasteiger partial charge < -0.3 is 15.0 Å². The van der Waals surface area contributed by atoms with Crippen LogP contribution in [0.2, 0.25) is 0 Å². The molecule has 0 bridgehead atoms. The number of hydrogen-bond donors (Lipinski definition) is 0. The van der Waals surface area contributed by atoms with Crippen molar-refractivity contribution in [3.8, 4) is 101 Å². The maximum Gasteiger partial charge on any atom is 3.00 e. The van der Waals surface area contributed by atoms with Gasteiger partial charge in [0.05, 0.1) is 0 Å². The van der Waals surface area contributed by atoms with Crippen molar-refractivity contribution in [3.63, 3.8) is 0 Å². The van der Waals surface area contributed by atoms with Gasteiger partial charge in [0.25, 0.3) is 0 Å². The van der Waals surface area contributed by atoms with Crippen LogP contribution in [0.5, 0.6) is 0 Å². The average molecular weight is 1010 g/mol. The van der Waals surface area contributed by atoms with E-state index in [1.807, 2.05) is 127 Å². The monoisotopic (exact) mass is 1010 g/mol. The summed E-state index contributed by atoms with van der Waals surface area (Å²) in [6.07, 6.45) is 5.29. The first-order valence-corrected chi connectivity index (χ1v) is 20.3. The minimum Gasteiger partial charge on any atom is -0.304 e. The zero-order chi connectivity index (χ0) is 42.7. The van der Waals surface area contributed by atoms with Crippen LogP contribution < -0.4 is 0 Å². The molecule has 10 rings (SSSR count). The molecule has 3 heterocycles. The first-order chi connectivity index (χ1) is 30.9. The van der Waals surface area contributed by atoms with E-state index in [0.29, 0.717) is 33.4 Å². The predicted octanol–water partition coefficient (Wildman–Crippen LogP) is 14.7. The van der Waals surface area contributed by atoms with E-state index < -0.39 is 17.5 Å². The molecule has 0 aliphatic rings. The van der Waals surface area contributed by atoms with Crippen molar-refractivity contribution in [3.05, 3.63) is 236 Å². The van der Waals surface area contributed by atoms with Gasteiger partial charge in [-0.25, -0.2) is 13.2 Å². The van der Waals surface area contributed by atoms with Gasteiger partial charge in [0, 0.05) is 18.6 Å². The Labute approximate surface area is 383 Å². The van der Waals surface area contributed by atoms with Gasteiger partial charge in [-0.15, -0.1) is 108 Å². The second-order valence-electron chi connectivity index (χ2n) is 15.0. The molecule has 0 aliphatic heterocycles. The molecule has 3 nitrogen and oxygen atoms in total. The van der Waals surface area contributed by atoms with E-state index in [-0.39, 0.29) is 20.1 Å². The maximum atomic E-state index is 15.5. The van der Waals surface area contributed by atoms with Gasteiger partial charge in [0.2, 0.25) is 0 Å². The zero-order valence-corrected chi connectivity index (χ0v) is 36.3. The third-order valence-electron chi connectivity index (χ3n) is 11.0. The first kappa shape index (κ1) is 41.8. The summed E-state index contributed by atoms with van der Waals surface area (Å²) in [5.41, 5.74) is 12.9. The summed E-state index contributed by atoms with van der Waals surface area (Å²) in [6.45, 7) is 0. The molecule has 0 amide bonds. The van der Waals surface area contributed by atoms with Crippen LogP contribution in [-0.2, 0) is 20.1 Å². The number of pyridine rings is 3. The summed E-state index contributed by atoms with van der Waals surface area (Å²) >= 11 is 0. The Morgan fingerprint density at radius 2 is 0.609 bits per heavy atom. The minimum absolute atomic E-state index is 0. The molecule has 0 aliphatic carbocycles. The second kappa shape index (κ2) is 18.4. The second-order valence-corrected chi connectivity index (χ2v) is 15.0. The smallest absolute Gasteiger partial charge is 0.304 e. The van der Waals surface area contributed by atoms with E-state index in [2.05, 4.69) is 18.2 Å². The van der Waals surface area contributed by atoms with Crippen LogP contribution in [0.3, 0.4) is 0 Å². The third-order valence-corrected chi connectivity index (χ3v) is 11.0. The quantitative estimate of drug-likeness (QED) is 0.135. The molecule has 0 unspecified atom stereocenters. The van der Waals surface area contributed by atoms with Gasteiger partial charge in [-0.3, -0.25) is 0 Å². The van der Waals surface area contributed by atoms with Crippen molar-refractivity contribution < 1.29 is 33.3 Å². The average Bonchev–Trinajstić information content (AvgIpc) is 3.35. The van der Waals surface area contributed by atoms with Crippen LogP contribution in [-0.4, -0.2) is 15.0 Å². The van der Waals surface area contributed by atoms with Gasteiger partial charge in [-0.05, 0) is 138 Å². The Hall–Kier alpha value is -7.57. The van der Waals surface area contributed by atoms with E-state index in [0.717, 1.165) is 67.2 Å². The molecule has 64 heavy (non-hydrogen) atoms. The summed E-state index contributed by atoms with van der Waals surface area (Å²) < 4.78 is 46.6. The molecule has 0 fully saturated rings. The van der Waals surface area contributed by atoms with Crippen molar-refractivity contribution in [2.75, 3.05) is 0 Å². The molecule has 0 spiro atoms. The van der Waals surface area contributed by atoms with Gasteiger partial charge >= 0.3 is 20.1 Å². The van der Waals surface area contributed by atoms with Crippen molar-refractivity contribution >= 4 is 0 Å². The minimum atomic E-state index is -0.439. The van der Waals surface area contributed by atoms with Crippen molar-refractivity contribution in [1.29, 1.82) is 0 Å². The Kier molecular flexibility index (Phi) is 12.0. The van der Waals surface area contributed by atoms with E-state index in [1.54, 1.807) is 36.8 Å². The normalized spacial score (nSPS) is 10.9. The number of rotatable bonds is 9. The fraction of sp³-hybridized carbons (Fsp3) is 0. The summed E-state index contributed by atoms with van der Waals surface area (Å²) in [5.74, 6) is -1.32. The molecule has 7 heteroatoms. The molecule has 10 aromatic rings. The Balaban J connectivity index is 0.00000518. The van der Waals surface area contributed by atoms with Gasteiger partial charge in [-0.1, -0.05) is 54.6 Å². The molecule has 0 saturated heterocycles. The molecule has 0 radical (unpaired) electrons. The van der Waals surface area contributed by atoms with Crippen LogP contribution in [0.15, 0.2) is 201 Å². The summed E-state index contributed by atoms with van der Waals surface area (Å²) in [6, 6.07) is 63.8. The molecular weight excluding hydrogens is 976 g/mol. The molecule has 3 aromatic heterocycles. The van der Waals surface area contributed by atoms with Crippen molar-refractivity contribution in [2.45, 2.75) is 0 Å². The van der Waals surface area contributed by atoms with E-state index in [4.69, 9.17) is 15.0 Å². The van der Waals surface area contributed by atoms with Crippen LogP contribution in [0.4, 0.5) is 13.2 Å². The Morgan fingerprint density at radius 1 is 0.297 bits per heavy atom. The molecule has 0 atom stereocenters. The SMILES string of the molecule is Fc1ccc(-c2ccc(-c3[c-]cccc3)nc2)c(-c2cc(-c3cc(F)ccc3-c3ccc(-c4[c-]cccc4)nc3)cc(-c3cc(F)ccc3-c3ccc(-c4[c-]cccc4)nc3)c2)c1.[Ir+3]. The van der Waals surface area contributed by atoms with E-state index >= 15 is 13.2 Å². The number of aromatic nitrogens is 3. The molecule has 7 aromatic carbocycles. The topological polar surface area (TPSA) is 38.7 Å². The molecular formula is C57H33F3IrN3. The van der Waals surface area contributed by atoms with Crippen LogP contribution in [0, 0.1) is 35.7 Å². The number of hydrogen-bond acceptors (Lipinski definition) is 3. The molecule has 0 N–H and O–H groups in total. The number of nitrogens with zero attached hydrogens (tertiary/aromatic N) is 3. The van der Waals surface area contributed by atoms with Crippen molar-refractivity contribution in [1.82, 2.24) is 15.0 Å². The number of benzene rings is 7. The standard InChI is InChI=1S/C57H33F3N3.Ir/c58-46-19-22-49(40-16-25-55(61-34-40)37-10-4-1-5-11-37)52(31-46)43-28-44(53-32-47(59)20-23-50(53)41-17-26-56(62-35-41)38-12-6-2-7-13-38)30-45(29-43)54-33-48(60)21-24-51(54)42-18-27-57(63-36-42)39-14-8-3-9-15-39;/h1-10,12,14,16-36H;/q-3;+3. The maximum absolute atomic E-state index is 15.5. The zero-order valence-electron chi connectivity index (χ0n) is 33.9. The van der Waals surface area contributed by atoms with Gasteiger partial charge in [0.1, 0.15) is 17.5 Å². The fourth-order valence-corrected chi connectivity index (χ4v) is 7.91. The number of halogens is 3. The molecule has 0 saturated carbocycles. The first-order valence-electron chi connectivity index (χ1n) is 20.3. The van der Waals surface area contributed by atoms with Crippen LogP contribution in [0.25, 0.3) is 101 Å². The van der Waals surface area contributed by atoms with E-state index in [1.165, 1.54) is 36.4 Å². The predicted molar refractivity (Wildman–Crippen MR) is 245 cm³/mol. The molecule has 306 valence electrons. The Morgan fingerprint density at radius 3 is 0.859 bits per heavy atom. The summed E-state index contributed by atoms with van der Waals surface area (Å²) in [5, 5.41) is 0. The Bertz CT molecular complexity index is 2860. The van der Waals surface area contributed by atoms with Gasteiger partial charge in [-0.2, -0.15) is 0 Å². The van der Waals surface area contributed by atoms with Crippen LogP contribution in [0.1, 0.15) is 0 Å². The third kappa shape index (κ3) is 8.73. The fourth-order valence-electron chi connectivity index (χ4n) is 7.91. The van der Waals surface area contributed by atoms with Crippen LogP contribution >= 0.6 is 0 Å².